The number of hydrogen-bond donors (Lipinski definition) is 1. The highest BCUT2D eigenvalue weighted by Crippen LogP contribution is 2.25. The van der Waals surface area contributed by atoms with Gasteiger partial charge in [-0.15, -0.1) is 0 Å². The van der Waals surface area contributed by atoms with Crippen molar-refractivity contribution in [3.05, 3.63) is 0 Å². The summed E-state index contributed by atoms with van der Waals surface area (Å²) in [5, 5.41) is 0. The van der Waals surface area contributed by atoms with E-state index >= 15 is 0 Å². The SMILES string of the molecule is NC1(CCCF)CCS(=O)(=O)C1. The zero-order chi connectivity index (χ0) is 9.24. The van der Waals surface area contributed by atoms with Crippen LogP contribution in [0, 0.1) is 0 Å². The fourth-order valence-electron chi connectivity index (χ4n) is 1.56. The van der Waals surface area contributed by atoms with E-state index in [4.69, 9.17) is 5.73 Å². The van der Waals surface area contributed by atoms with Gasteiger partial charge in [-0.1, -0.05) is 0 Å². The van der Waals surface area contributed by atoms with Crippen LogP contribution in [0.3, 0.4) is 0 Å². The van der Waals surface area contributed by atoms with Crippen molar-refractivity contribution >= 4 is 9.84 Å². The summed E-state index contributed by atoms with van der Waals surface area (Å²) in [5.74, 6) is 0.190. The second-order valence-electron chi connectivity index (χ2n) is 3.50. The number of rotatable bonds is 3. The number of halogens is 1. The first-order valence-electron chi connectivity index (χ1n) is 4.03. The molecule has 2 N–H and O–H groups in total. The molecule has 1 atom stereocenters. The summed E-state index contributed by atoms with van der Waals surface area (Å²) < 4.78 is 33.9. The molecule has 3 nitrogen and oxygen atoms in total. The minimum Gasteiger partial charge on any atom is -0.324 e. The number of sulfone groups is 1. The average Bonchev–Trinajstić information content (AvgIpc) is 2.23. The maximum atomic E-state index is 11.8. The highest BCUT2D eigenvalue weighted by atomic mass is 32.2. The van der Waals surface area contributed by atoms with Crippen LogP contribution in [-0.2, 0) is 9.84 Å². The summed E-state index contributed by atoms with van der Waals surface area (Å²) in [6.07, 6.45) is 1.32. The van der Waals surface area contributed by atoms with Crippen molar-refractivity contribution in [2.24, 2.45) is 5.73 Å². The molecule has 5 heteroatoms. The fourth-order valence-corrected chi connectivity index (χ4v) is 3.58. The van der Waals surface area contributed by atoms with Crippen LogP contribution in [-0.4, -0.2) is 32.1 Å². The third kappa shape index (κ3) is 2.42. The third-order valence-electron chi connectivity index (χ3n) is 2.23. The summed E-state index contributed by atoms with van der Waals surface area (Å²) in [5.41, 5.74) is 5.13. The lowest BCUT2D eigenvalue weighted by Gasteiger charge is -2.20. The Morgan fingerprint density at radius 2 is 2.17 bits per heavy atom. The number of nitrogens with two attached hydrogens (primary N) is 1. The smallest absolute Gasteiger partial charge is 0.152 e. The second-order valence-corrected chi connectivity index (χ2v) is 5.68. The monoisotopic (exact) mass is 195 g/mol. The van der Waals surface area contributed by atoms with E-state index in [1.54, 1.807) is 0 Å². The largest absolute Gasteiger partial charge is 0.324 e. The Kier molecular flexibility index (Phi) is 2.73. The molecular formula is C7H14FNO2S. The van der Waals surface area contributed by atoms with E-state index in [0.717, 1.165) is 0 Å². The first-order valence-corrected chi connectivity index (χ1v) is 5.85. The standard InChI is InChI=1S/C7H14FNO2S/c8-4-1-2-7(9)3-5-12(10,11)6-7/h1-6,9H2. The Balaban J connectivity index is 2.53. The molecule has 12 heavy (non-hydrogen) atoms. The normalized spacial score (nSPS) is 33.8. The highest BCUT2D eigenvalue weighted by molar-refractivity contribution is 7.91. The molecule has 0 amide bonds. The lowest BCUT2D eigenvalue weighted by molar-refractivity contribution is 0.379. The molecule has 72 valence electrons. The van der Waals surface area contributed by atoms with E-state index in [9.17, 15) is 12.8 Å². The van der Waals surface area contributed by atoms with E-state index in [0.29, 0.717) is 19.3 Å². The van der Waals surface area contributed by atoms with Gasteiger partial charge in [-0.2, -0.15) is 0 Å². The molecule has 0 radical (unpaired) electrons. The van der Waals surface area contributed by atoms with Crippen molar-refractivity contribution in [3.8, 4) is 0 Å². The molecule has 0 aromatic rings. The molecule has 0 spiro atoms. The van der Waals surface area contributed by atoms with E-state index in [2.05, 4.69) is 0 Å². The van der Waals surface area contributed by atoms with Crippen molar-refractivity contribution in [2.45, 2.75) is 24.8 Å². The van der Waals surface area contributed by atoms with Crippen LogP contribution in [0.5, 0.6) is 0 Å². The van der Waals surface area contributed by atoms with E-state index in [1.807, 2.05) is 0 Å². The Labute approximate surface area is 72.1 Å². The minimum absolute atomic E-state index is 0.0278. The molecule has 1 aliphatic rings. The first-order chi connectivity index (χ1) is 5.47. The molecule has 1 fully saturated rings. The molecule has 1 saturated heterocycles. The number of hydrogen-bond acceptors (Lipinski definition) is 3. The van der Waals surface area contributed by atoms with Crippen LogP contribution < -0.4 is 5.73 Å². The van der Waals surface area contributed by atoms with Gasteiger partial charge in [-0.3, -0.25) is 4.39 Å². The third-order valence-corrected chi connectivity index (χ3v) is 4.07. The molecule has 0 bridgehead atoms. The number of alkyl halides is 1. The molecule has 1 unspecified atom stereocenters. The van der Waals surface area contributed by atoms with Crippen molar-refractivity contribution in [1.29, 1.82) is 0 Å². The predicted octanol–water partition coefficient (Wildman–Crippen LogP) is 0.252. The minimum atomic E-state index is -2.93. The average molecular weight is 195 g/mol. The molecule has 1 aliphatic heterocycles. The lowest BCUT2D eigenvalue weighted by atomic mass is 9.95. The van der Waals surface area contributed by atoms with Crippen LogP contribution in [0.15, 0.2) is 0 Å². The molecule has 1 rings (SSSR count). The molecular weight excluding hydrogens is 181 g/mol. The molecule has 0 aromatic heterocycles. The summed E-state index contributed by atoms with van der Waals surface area (Å²) in [6.45, 7) is -0.418. The fraction of sp³-hybridized carbons (Fsp3) is 1.00. The highest BCUT2D eigenvalue weighted by Gasteiger charge is 2.38. The van der Waals surface area contributed by atoms with Gasteiger partial charge >= 0.3 is 0 Å². The summed E-state index contributed by atoms with van der Waals surface area (Å²) in [4.78, 5) is 0. The molecule has 0 saturated carbocycles. The van der Waals surface area contributed by atoms with Crippen molar-refractivity contribution in [3.63, 3.8) is 0 Å². The van der Waals surface area contributed by atoms with Gasteiger partial charge in [0.05, 0.1) is 18.2 Å². The summed E-state index contributed by atoms with van der Waals surface area (Å²) in [6, 6.07) is 0. The Bertz CT molecular complexity index is 252. The van der Waals surface area contributed by atoms with Gasteiger partial charge in [0.2, 0.25) is 0 Å². The lowest BCUT2D eigenvalue weighted by Crippen LogP contribution is -2.40. The maximum absolute atomic E-state index is 11.8. The summed E-state index contributed by atoms with van der Waals surface area (Å²) >= 11 is 0. The predicted molar refractivity (Wildman–Crippen MR) is 45.4 cm³/mol. The van der Waals surface area contributed by atoms with Gasteiger partial charge in [-0.25, -0.2) is 8.42 Å². The Morgan fingerprint density at radius 1 is 1.50 bits per heavy atom. The van der Waals surface area contributed by atoms with E-state index in [-0.39, 0.29) is 11.5 Å². The van der Waals surface area contributed by atoms with Gasteiger partial charge in [0.1, 0.15) is 0 Å². The van der Waals surface area contributed by atoms with Crippen molar-refractivity contribution in [1.82, 2.24) is 0 Å². The zero-order valence-corrected chi connectivity index (χ0v) is 7.74. The molecule has 1 heterocycles. The van der Waals surface area contributed by atoms with Gasteiger partial charge < -0.3 is 5.73 Å². The van der Waals surface area contributed by atoms with E-state index < -0.39 is 22.1 Å². The second kappa shape index (κ2) is 3.30. The summed E-state index contributed by atoms with van der Waals surface area (Å²) in [7, 11) is -2.93. The van der Waals surface area contributed by atoms with Crippen LogP contribution in [0.4, 0.5) is 4.39 Å². The Morgan fingerprint density at radius 3 is 2.58 bits per heavy atom. The maximum Gasteiger partial charge on any atom is 0.152 e. The Hall–Kier alpha value is -0.160. The zero-order valence-electron chi connectivity index (χ0n) is 6.92. The van der Waals surface area contributed by atoms with Crippen LogP contribution in [0.25, 0.3) is 0 Å². The first kappa shape index (κ1) is 9.92. The van der Waals surface area contributed by atoms with Gasteiger partial charge in [0.25, 0.3) is 0 Å². The molecule has 0 aromatic carbocycles. The van der Waals surface area contributed by atoms with Gasteiger partial charge in [0, 0.05) is 5.54 Å². The van der Waals surface area contributed by atoms with Crippen molar-refractivity contribution < 1.29 is 12.8 Å². The molecule has 0 aliphatic carbocycles. The van der Waals surface area contributed by atoms with E-state index in [1.165, 1.54) is 0 Å². The quantitative estimate of drug-likeness (QED) is 0.702. The van der Waals surface area contributed by atoms with Crippen molar-refractivity contribution in [2.75, 3.05) is 18.2 Å². The van der Waals surface area contributed by atoms with Crippen LogP contribution >= 0.6 is 0 Å². The van der Waals surface area contributed by atoms with Gasteiger partial charge in [-0.05, 0) is 19.3 Å². The topological polar surface area (TPSA) is 60.2 Å². The van der Waals surface area contributed by atoms with Crippen LogP contribution in [0.1, 0.15) is 19.3 Å². The van der Waals surface area contributed by atoms with Gasteiger partial charge in [0.15, 0.2) is 9.84 Å². The van der Waals surface area contributed by atoms with Crippen LogP contribution in [0.2, 0.25) is 0 Å².